The maximum absolute atomic E-state index is 12.2. The Morgan fingerprint density at radius 2 is 1.86 bits per heavy atom. The minimum atomic E-state index is -0.304. The van der Waals surface area contributed by atoms with Crippen LogP contribution in [-0.2, 0) is 7.05 Å². The van der Waals surface area contributed by atoms with Gasteiger partial charge in [-0.2, -0.15) is 5.10 Å². The van der Waals surface area contributed by atoms with Crippen LogP contribution >= 0.6 is 0 Å². The molecule has 0 saturated carbocycles. The molecule has 7 heteroatoms. The number of aryl methyl sites for hydroxylation is 1. The molecule has 7 nitrogen and oxygen atoms in total. The van der Waals surface area contributed by atoms with Crippen molar-refractivity contribution >= 4 is 17.5 Å². The zero-order chi connectivity index (χ0) is 15.6. The molecule has 2 amide bonds. The topological polar surface area (TPSA) is 80.1 Å². The molecule has 0 bridgehead atoms. The molecule has 0 radical (unpaired) electrons. The van der Waals surface area contributed by atoms with Crippen molar-refractivity contribution in [2.45, 2.75) is 6.92 Å². The number of nitrogens with one attached hydrogen (secondary N) is 1. The van der Waals surface area contributed by atoms with Gasteiger partial charge in [0, 0.05) is 39.1 Å². The van der Waals surface area contributed by atoms with Gasteiger partial charge in [-0.25, -0.2) is 0 Å². The molecule has 0 aromatic carbocycles. The van der Waals surface area contributed by atoms with Crippen LogP contribution in [-0.4, -0.2) is 45.6 Å². The van der Waals surface area contributed by atoms with Crippen LogP contribution in [0.3, 0.4) is 0 Å². The van der Waals surface area contributed by atoms with Gasteiger partial charge in [-0.15, -0.1) is 0 Å². The van der Waals surface area contributed by atoms with Gasteiger partial charge >= 0.3 is 0 Å². The van der Waals surface area contributed by atoms with E-state index in [1.807, 2.05) is 0 Å². The molecule has 0 aliphatic heterocycles. The van der Waals surface area contributed by atoms with Gasteiger partial charge in [0.1, 0.15) is 0 Å². The van der Waals surface area contributed by atoms with Crippen LogP contribution in [0.15, 0.2) is 24.5 Å². The molecular weight excluding hydrogens is 270 g/mol. The van der Waals surface area contributed by atoms with E-state index in [-0.39, 0.29) is 17.5 Å². The van der Waals surface area contributed by atoms with E-state index in [0.717, 1.165) is 0 Å². The lowest BCUT2D eigenvalue weighted by molar-refractivity contribution is 0.0822. The van der Waals surface area contributed by atoms with Gasteiger partial charge < -0.3 is 10.2 Å². The second-order valence-electron chi connectivity index (χ2n) is 4.82. The van der Waals surface area contributed by atoms with Crippen molar-refractivity contribution in [2.24, 2.45) is 7.05 Å². The van der Waals surface area contributed by atoms with Gasteiger partial charge in [-0.3, -0.25) is 19.3 Å². The number of hydrogen-bond donors (Lipinski definition) is 1. The summed E-state index contributed by atoms with van der Waals surface area (Å²) in [7, 11) is 5.01. The molecule has 110 valence electrons. The Balaban J connectivity index is 2.36. The second kappa shape index (κ2) is 5.74. The fraction of sp³-hybridized carbons (Fsp3) is 0.286. The molecule has 21 heavy (non-hydrogen) atoms. The Bertz CT molecular complexity index is 676. The zero-order valence-electron chi connectivity index (χ0n) is 12.4. The first kappa shape index (κ1) is 14.7. The minimum absolute atomic E-state index is 0.224. The number of nitrogens with zero attached hydrogens (tertiary/aromatic N) is 4. The standard InChI is InChI=1S/C14H17N5O2/c1-9-11(12(17-19(9)4)14(21)18(2)3)16-13(20)10-5-7-15-8-6-10/h5-8H,1-4H3,(H,16,20). The lowest BCUT2D eigenvalue weighted by Gasteiger charge is -2.10. The zero-order valence-corrected chi connectivity index (χ0v) is 12.4. The third-order valence-electron chi connectivity index (χ3n) is 3.12. The summed E-state index contributed by atoms with van der Waals surface area (Å²) in [4.78, 5) is 29.6. The fourth-order valence-electron chi connectivity index (χ4n) is 1.81. The Kier molecular flexibility index (Phi) is 4.02. The Labute approximate surface area is 122 Å². The fourth-order valence-corrected chi connectivity index (χ4v) is 1.81. The second-order valence-corrected chi connectivity index (χ2v) is 4.82. The molecule has 2 aromatic heterocycles. The molecule has 0 aliphatic rings. The average Bonchev–Trinajstić information content (AvgIpc) is 2.75. The summed E-state index contributed by atoms with van der Waals surface area (Å²) in [5.41, 5.74) is 1.83. The van der Waals surface area contributed by atoms with Crippen LogP contribution in [0.2, 0.25) is 0 Å². The van der Waals surface area contributed by atoms with Gasteiger partial charge in [0.25, 0.3) is 11.8 Å². The lowest BCUT2D eigenvalue weighted by Crippen LogP contribution is -2.24. The average molecular weight is 287 g/mol. The number of pyridine rings is 1. The molecule has 1 N–H and O–H groups in total. The van der Waals surface area contributed by atoms with Gasteiger partial charge in [0.05, 0.1) is 11.4 Å². The lowest BCUT2D eigenvalue weighted by atomic mass is 10.2. The summed E-state index contributed by atoms with van der Waals surface area (Å²) in [6, 6.07) is 3.21. The molecule has 0 unspecified atom stereocenters. The summed E-state index contributed by atoms with van der Waals surface area (Å²) in [5.74, 6) is -0.565. The van der Waals surface area contributed by atoms with Crippen LogP contribution in [0.4, 0.5) is 5.69 Å². The Hall–Kier alpha value is -2.70. The molecule has 0 saturated heterocycles. The van der Waals surface area contributed by atoms with E-state index >= 15 is 0 Å². The minimum Gasteiger partial charge on any atom is -0.343 e. The monoisotopic (exact) mass is 287 g/mol. The van der Waals surface area contributed by atoms with Gasteiger partial charge in [0.2, 0.25) is 0 Å². The van der Waals surface area contributed by atoms with Gasteiger partial charge in [-0.05, 0) is 19.1 Å². The van der Waals surface area contributed by atoms with E-state index in [1.54, 1.807) is 44.9 Å². The first-order chi connectivity index (χ1) is 9.91. The van der Waals surface area contributed by atoms with Crippen LogP contribution in [0.5, 0.6) is 0 Å². The quantitative estimate of drug-likeness (QED) is 0.916. The van der Waals surface area contributed by atoms with E-state index in [0.29, 0.717) is 16.9 Å². The SMILES string of the molecule is Cc1c(NC(=O)c2ccncc2)c(C(=O)N(C)C)nn1C. The van der Waals surface area contributed by atoms with Crippen molar-refractivity contribution in [3.63, 3.8) is 0 Å². The summed E-state index contributed by atoms with van der Waals surface area (Å²) in [6.45, 7) is 1.79. The predicted molar refractivity (Wildman–Crippen MR) is 78.2 cm³/mol. The van der Waals surface area contributed by atoms with Gasteiger partial charge in [-0.1, -0.05) is 0 Å². The Morgan fingerprint density at radius 3 is 2.43 bits per heavy atom. The van der Waals surface area contributed by atoms with Crippen LogP contribution < -0.4 is 5.32 Å². The predicted octanol–water partition coefficient (Wildman–Crippen LogP) is 1.08. The number of amides is 2. The number of aromatic nitrogens is 3. The number of hydrogen-bond acceptors (Lipinski definition) is 4. The third kappa shape index (κ3) is 2.91. The highest BCUT2D eigenvalue weighted by Crippen LogP contribution is 2.21. The molecule has 0 spiro atoms. The highest BCUT2D eigenvalue weighted by molar-refractivity contribution is 6.08. The number of carbonyl (C=O) groups excluding carboxylic acids is 2. The van der Waals surface area contributed by atoms with Crippen LogP contribution in [0, 0.1) is 6.92 Å². The smallest absolute Gasteiger partial charge is 0.276 e. The first-order valence-corrected chi connectivity index (χ1v) is 6.38. The van der Waals surface area contributed by atoms with Crippen molar-refractivity contribution < 1.29 is 9.59 Å². The van der Waals surface area contributed by atoms with Crippen molar-refractivity contribution in [1.82, 2.24) is 19.7 Å². The molecular formula is C14H17N5O2. The van der Waals surface area contributed by atoms with E-state index in [1.165, 1.54) is 17.3 Å². The van der Waals surface area contributed by atoms with Crippen molar-refractivity contribution in [3.8, 4) is 0 Å². The third-order valence-corrected chi connectivity index (χ3v) is 3.12. The Morgan fingerprint density at radius 1 is 1.24 bits per heavy atom. The van der Waals surface area contributed by atoms with Crippen molar-refractivity contribution in [3.05, 3.63) is 41.5 Å². The largest absolute Gasteiger partial charge is 0.343 e. The number of carbonyl (C=O) groups is 2. The molecule has 2 rings (SSSR count). The summed E-state index contributed by atoms with van der Waals surface area (Å²) >= 11 is 0. The molecule has 2 aromatic rings. The first-order valence-electron chi connectivity index (χ1n) is 6.38. The highest BCUT2D eigenvalue weighted by Gasteiger charge is 2.22. The number of anilines is 1. The molecule has 0 fully saturated rings. The maximum atomic E-state index is 12.2. The van der Waals surface area contributed by atoms with E-state index in [2.05, 4.69) is 15.4 Å². The highest BCUT2D eigenvalue weighted by atomic mass is 16.2. The molecule has 0 atom stereocenters. The molecule has 2 heterocycles. The van der Waals surface area contributed by atoms with Crippen LogP contribution in [0.25, 0.3) is 0 Å². The normalized spacial score (nSPS) is 10.3. The van der Waals surface area contributed by atoms with Crippen LogP contribution in [0.1, 0.15) is 26.5 Å². The van der Waals surface area contributed by atoms with E-state index in [4.69, 9.17) is 0 Å². The summed E-state index contributed by atoms with van der Waals surface area (Å²) in [5, 5.41) is 6.93. The van der Waals surface area contributed by atoms with Crippen molar-refractivity contribution in [1.29, 1.82) is 0 Å². The summed E-state index contributed by atoms with van der Waals surface area (Å²) in [6.07, 6.45) is 3.08. The molecule has 0 aliphatic carbocycles. The summed E-state index contributed by atoms with van der Waals surface area (Å²) < 4.78 is 1.57. The van der Waals surface area contributed by atoms with Crippen molar-refractivity contribution in [2.75, 3.05) is 19.4 Å². The van der Waals surface area contributed by atoms with E-state index in [9.17, 15) is 9.59 Å². The maximum Gasteiger partial charge on any atom is 0.276 e. The van der Waals surface area contributed by atoms with E-state index < -0.39 is 0 Å². The van der Waals surface area contributed by atoms with Gasteiger partial charge in [0.15, 0.2) is 5.69 Å². The number of rotatable bonds is 3.